The Morgan fingerprint density at radius 2 is 1.69 bits per heavy atom. The maximum Gasteiger partial charge on any atom is 0.324 e. The van der Waals surface area contributed by atoms with Crippen LogP contribution in [0.25, 0.3) is 10.7 Å². The predicted molar refractivity (Wildman–Crippen MR) is 264 cm³/mol. The summed E-state index contributed by atoms with van der Waals surface area (Å²) < 4.78 is 51.8. The van der Waals surface area contributed by atoms with Crippen molar-refractivity contribution in [1.29, 1.82) is 0 Å². The van der Waals surface area contributed by atoms with E-state index in [0.717, 1.165) is 4.88 Å². The fraction of sp³-hybridized carbons (Fsp3) is 0.698. The molecule has 0 radical (unpaired) electrons. The molecular formula is C53H74N4O14S. The molecule has 0 amide bonds. The molecule has 2 N–H and O–H groups in total. The summed E-state index contributed by atoms with van der Waals surface area (Å²) in [6, 6.07) is 4.15. The molecule has 2 aromatic heterocycles. The highest BCUT2D eigenvalue weighted by molar-refractivity contribution is 7.15. The topological polar surface area (TPSA) is 215 Å². The molecule has 5 fully saturated rings. The minimum Gasteiger partial charge on any atom is -0.458 e. The van der Waals surface area contributed by atoms with Gasteiger partial charge in [0.25, 0.3) is 0 Å². The third-order valence-electron chi connectivity index (χ3n) is 15.8. The Morgan fingerprint density at radius 1 is 0.986 bits per heavy atom. The summed E-state index contributed by atoms with van der Waals surface area (Å²) in [6.07, 6.45) is -5.22. The fourth-order valence-electron chi connectivity index (χ4n) is 12.0. The van der Waals surface area contributed by atoms with Crippen molar-refractivity contribution in [2.75, 3.05) is 40.9 Å². The Morgan fingerprint density at radius 3 is 2.35 bits per heavy atom. The standard InChI is InChI=1S/C53H74N4O14S/c1-14-23-57-28-50(7)42-38(57)48(63)71-53(42,10)36(15-2)68-47(62)31(5)39(58)41(69-37-27-51(8,64-13)44(61)32(6)67-37)45(70-49-40(59)34(56(11)12)25-30(4)66-49)52(9,26-29(3)43(50)60)65-24-16-18-33-19-20-35(72-33)46-54-21-17-22-55-46/h14,17,19-22,29-32,34,36-38,40-42,44-45,49,59,61H,1,15,23-28H2,2-13H3/t29-,30-,31-,32+,34+,36-,37?,38?,40-,41+,42?,44+,45-,49+,50?,51-,52+,53-/m1/s1. The zero-order chi connectivity index (χ0) is 52.7. The molecule has 396 valence electrons. The van der Waals surface area contributed by atoms with Crippen molar-refractivity contribution in [3.63, 3.8) is 0 Å². The number of hydrogen-bond acceptors (Lipinski definition) is 19. The van der Waals surface area contributed by atoms with Gasteiger partial charge in [0.15, 0.2) is 29.8 Å². The summed E-state index contributed by atoms with van der Waals surface area (Å²) in [4.78, 5) is 74.1. The molecule has 5 saturated heterocycles. The van der Waals surface area contributed by atoms with Crippen LogP contribution in [0.2, 0.25) is 0 Å². The normalized spacial score (nSPS) is 41.0. The van der Waals surface area contributed by atoms with Crippen LogP contribution in [0.3, 0.4) is 0 Å². The van der Waals surface area contributed by atoms with Gasteiger partial charge in [-0.25, -0.2) is 9.97 Å². The summed E-state index contributed by atoms with van der Waals surface area (Å²) in [7, 11) is 5.12. The molecule has 0 saturated carbocycles. The number of aliphatic hydroxyl groups is 2. The van der Waals surface area contributed by atoms with E-state index in [0.29, 0.717) is 17.1 Å². The minimum absolute atomic E-state index is 0.0644. The zero-order valence-corrected chi connectivity index (χ0v) is 44.5. The highest BCUT2D eigenvalue weighted by Crippen LogP contribution is 2.56. The number of ether oxygens (including phenoxy) is 8. The number of hydrogen-bond donors (Lipinski definition) is 2. The van der Waals surface area contributed by atoms with Gasteiger partial charge in [0, 0.05) is 62.3 Å². The summed E-state index contributed by atoms with van der Waals surface area (Å²) >= 11 is 1.39. The van der Waals surface area contributed by atoms with Crippen molar-refractivity contribution >= 4 is 34.8 Å². The van der Waals surface area contributed by atoms with Gasteiger partial charge >= 0.3 is 11.9 Å². The number of Topliss-reactive ketones (excluding diaryl/α,β-unsaturated/α-hetero) is 2. The highest BCUT2D eigenvalue weighted by atomic mass is 32.1. The van der Waals surface area contributed by atoms with Crippen LogP contribution >= 0.6 is 11.3 Å². The van der Waals surface area contributed by atoms with E-state index < -0.39 is 125 Å². The smallest absolute Gasteiger partial charge is 0.324 e. The fourth-order valence-corrected chi connectivity index (χ4v) is 12.8. The molecule has 72 heavy (non-hydrogen) atoms. The second-order valence-electron chi connectivity index (χ2n) is 21.4. The number of aliphatic hydroxyl groups excluding tert-OH is 2. The summed E-state index contributed by atoms with van der Waals surface area (Å²) in [5, 5.41) is 23.3. The number of aromatic nitrogens is 2. The lowest BCUT2D eigenvalue weighted by atomic mass is 9.62. The maximum atomic E-state index is 15.7. The molecule has 0 spiro atoms. The number of nitrogens with zero attached hydrogens (tertiary/aromatic N) is 4. The number of carbonyl (C=O) groups excluding carboxylic acids is 4. The van der Waals surface area contributed by atoms with E-state index in [9.17, 15) is 19.8 Å². The molecule has 7 heterocycles. The largest absolute Gasteiger partial charge is 0.458 e. The molecule has 19 heteroatoms. The molecule has 0 bridgehead atoms. The molecule has 18 atom stereocenters. The molecule has 18 nitrogen and oxygen atoms in total. The SMILES string of the molecule is C=CCN1CC2(C)C(=O)[C@H](C)C[C@](C)(OCC#Cc3ccc(-c4ncccn4)s3)[C@H](O[C@@H]3O[C@H](C)C[C@H](N(C)C)[C@H]3O)[C@@H](OC3C[C@@](C)(OC)[C@@H](O)[C@H](C)O3)C(=O)[C@@H](C)C(=O)O[C@H](CC)[C@@]3(C)OC(=O)C1C23. The number of thiophene rings is 1. The molecule has 2 aromatic rings. The lowest BCUT2D eigenvalue weighted by Crippen LogP contribution is -2.63. The number of methoxy groups -OCH3 is 1. The molecule has 7 rings (SSSR count). The van der Waals surface area contributed by atoms with Crippen LogP contribution < -0.4 is 0 Å². The number of likely N-dealkylation sites (N-methyl/N-ethyl adjacent to an activating group) is 1. The Balaban J connectivity index is 1.40. The van der Waals surface area contributed by atoms with E-state index in [2.05, 4.69) is 28.4 Å². The van der Waals surface area contributed by atoms with Gasteiger partial charge in [-0.05, 0) is 93.1 Å². The monoisotopic (exact) mass is 1020 g/mol. The second kappa shape index (κ2) is 22.0. The molecular weight excluding hydrogens is 949 g/mol. The number of rotatable bonds is 12. The minimum atomic E-state index is -1.76. The van der Waals surface area contributed by atoms with Gasteiger partial charge in [0.1, 0.15) is 54.9 Å². The lowest BCUT2D eigenvalue weighted by molar-refractivity contribution is -0.328. The van der Waals surface area contributed by atoms with Crippen LogP contribution in [0.5, 0.6) is 0 Å². The first kappa shape index (κ1) is 55.7. The summed E-state index contributed by atoms with van der Waals surface area (Å²) in [5.41, 5.74) is -5.69. The van der Waals surface area contributed by atoms with Crippen molar-refractivity contribution < 1.29 is 67.3 Å². The van der Waals surface area contributed by atoms with Gasteiger partial charge in [-0.3, -0.25) is 24.1 Å². The van der Waals surface area contributed by atoms with Gasteiger partial charge in [-0.1, -0.05) is 38.7 Å². The van der Waals surface area contributed by atoms with Crippen molar-refractivity contribution in [3.8, 4) is 22.5 Å². The van der Waals surface area contributed by atoms with E-state index in [4.69, 9.17) is 37.9 Å². The zero-order valence-electron chi connectivity index (χ0n) is 43.7. The number of carbonyl (C=O) groups is 4. The second-order valence-corrected chi connectivity index (χ2v) is 22.4. The molecule has 0 aliphatic carbocycles. The average molecular weight is 1020 g/mol. The number of ketones is 2. The summed E-state index contributed by atoms with van der Waals surface area (Å²) in [5.74, 6) is 1.11. The molecule has 0 aromatic carbocycles. The van der Waals surface area contributed by atoms with Gasteiger partial charge in [-0.15, -0.1) is 17.9 Å². The van der Waals surface area contributed by atoms with Gasteiger partial charge in [0.2, 0.25) is 0 Å². The first-order valence-corrected chi connectivity index (χ1v) is 25.8. The number of likely N-dealkylation sites (tertiary alicyclic amines) is 1. The Kier molecular flexibility index (Phi) is 17.1. The molecule has 5 aliphatic rings. The first-order valence-electron chi connectivity index (χ1n) is 25.0. The quantitative estimate of drug-likeness (QED) is 0.131. The maximum absolute atomic E-state index is 15.7. The lowest BCUT2D eigenvalue weighted by Gasteiger charge is -2.49. The number of cyclic esters (lactones) is 1. The van der Waals surface area contributed by atoms with Crippen LogP contribution in [0, 0.1) is 35.0 Å². The third kappa shape index (κ3) is 10.7. The van der Waals surface area contributed by atoms with E-state index >= 15 is 9.59 Å². The van der Waals surface area contributed by atoms with E-state index in [1.807, 2.05) is 49.9 Å². The van der Waals surface area contributed by atoms with Crippen LogP contribution in [-0.4, -0.2) is 179 Å². The van der Waals surface area contributed by atoms with Crippen LogP contribution in [0.15, 0.2) is 43.2 Å². The summed E-state index contributed by atoms with van der Waals surface area (Å²) in [6.45, 7) is 19.5. The Labute approximate surface area is 427 Å². The van der Waals surface area contributed by atoms with Crippen LogP contribution in [-0.2, 0) is 57.1 Å². The highest BCUT2D eigenvalue weighted by Gasteiger charge is 2.71. The molecule has 5 aliphatic heterocycles. The van der Waals surface area contributed by atoms with Crippen molar-refractivity contribution in [2.45, 2.75) is 172 Å². The van der Waals surface area contributed by atoms with E-state index in [1.165, 1.54) is 25.4 Å². The Bertz CT molecular complexity index is 2360. The van der Waals surface area contributed by atoms with E-state index in [1.54, 1.807) is 66.1 Å². The van der Waals surface area contributed by atoms with Crippen molar-refractivity contribution in [2.24, 2.45) is 23.2 Å². The van der Waals surface area contributed by atoms with Gasteiger partial charge < -0.3 is 53.0 Å². The van der Waals surface area contributed by atoms with Crippen LogP contribution in [0.1, 0.15) is 92.9 Å². The molecule has 4 unspecified atom stereocenters. The third-order valence-corrected chi connectivity index (χ3v) is 16.8. The predicted octanol–water partition coefficient (Wildman–Crippen LogP) is 4.37. The first-order chi connectivity index (χ1) is 33.9. The van der Waals surface area contributed by atoms with Gasteiger partial charge in [-0.2, -0.15) is 0 Å². The van der Waals surface area contributed by atoms with Crippen molar-refractivity contribution in [1.82, 2.24) is 19.8 Å². The Hall–Kier alpha value is -4.04. The van der Waals surface area contributed by atoms with Gasteiger partial charge in [0.05, 0.1) is 33.2 Å². The number of esters is 2. The van der Waals surface area contributed by atoms with E-state index in [-0.39, 0.29) is 44.7 Å². The van der Waals surface area contributed by atoms with Crippen molar-refractivity contribution in [3.05, 3.63) is 48.1 Å². The van der Waals surface area contributed by atoms with Crippen LogP contribution in [0.4, 0.5) is 0 Å². The average Bonchev–Trinajstić information content (AvgIpc) is 4.03.